The number of benzene rings is 1. The van der Waals surface area contributed by atoms with E-state index in [9.17, 15) is 14.4 Å². The van der Waals surface area contributed by atoms with Gasteiger partial charge in [-0.3, -0.25) is 9.59 Å². The quantitative estimate of drug-likeness (QED) is 0.655. The Bertz CT molecular complexity index is 751. The minimum Gasteiger partial charge on any atom is -0.493 e. The smallest absolute Gasteiger partial charge is 0.407 e. The fraction of sp³-hybridized carbons (Fsp3) is 0.550. The van der Waals surface area contributed by atoms with Crippen LogP contribution in [0.15, 0.2) is 12.1 Å². The lowest BCUT2D eigenvalue weighted by Crippen LogP contribution is -2.42. The summed E-state index contributed by atoms with van der Waals surface area (Å²) in [6, 6.07) is 3.20. The highest BCUT2D eigenvalue weighted by Gasteiger charge is 2.33. The van der Waals surface area contributed by atoms with Gasteiger partial charge in [0.1, 0.15) is 0 Å². The molecule has 0 fully saturated rings. The second-order valence-electron chi connectivity index (χ2n) is 6.44. The summed E-state index contributed by atoms with van der Waals surface area (Å²) >= 11 is 0. The molecule has 2 amide bonds. The molecule has 1 aromatic rings. The number of fused-ring (bicyclic) bond motifs is 1. The molecule has 160 valence electrons. The third-order valence-electron chi connectivity index (χ3n) is 4.79. The number of nitrogens with zero attached hydrogens (tertiary/aromatic N) is 1. The van der Waals surface area contributed by atoms with Crippen LogP contribution in [0.5, 0.6) is 11.5 Å². The van der Waals surface area contributed by atoms with Gasteiger partial charge in [0, 0.05) is 19.5 Å². The van der Waals surface area contributed by atoms with Gasteiger partial charge < -0.3 is 29.2 Å². The number of esters is 1. The second kappa shape index (κ2) is 10.5. The lowest BCUT2D eigenvalue weighted by atomic mass is 9.89. The molecule has 0 aliphatic carbocycles. The minimum absolute atomic E-state index is 0.0238. The Morgan fingerprint density at radius 1 is 1.14 bits per heavy atom. The van der Waals surface area contributed by atoms with E-state index in [1.54, 1.807) is 25.0 Å². The van der Waals surface area contributed by atoms with Crippen molar-refractivity contribution in [2.24, 2.45) is 0 Å². The highest BCUT2D eigenvalue weighted by molar-refractivity contribution is 5.80. The molecule has 9 nitrogen and oxygen atoms in total. The molecule has 9 heteroatoms. The van der Waals surface area contributed by atoms with Crippen LogP contribution in [0.1, 0.15) is 36.9 Å². The van der Waals surface area contributed by atoms with Gasteiger partial charge in [0.25, 0.3) is 0 Å². The van der Waals surface area contributed by atoms with Gasteiger partial charge in [0.05, 0.1) is 40.4 Å². The third kappa shape index (κ3) is 5.52. The van der Waals surface area contributed by atoms with Crippen LogP contribution in [0.25, 0.3) is 0 Å². The fourth-order valence-electron chi connectivity index (χ4n) is 3.39. The Morgan fingerprint density at radius 2 is 1.83 bits per heavy atom. The van der Waals surface area contributed by atoms with Crippen LogP contribution in [0.3, 0.4) is 0 Å². The van der Waals surface area contributed by atoms with E-state index in [4.69, 9.17) is 18.9 Å². The van der Waals surface area contributed by atoms with Crippen LogP contribution in [0.4, 0.5) is 4.79 Å². The Balaban J connectivity index is 2.23. The van der Waals surface area contributed by atoms with Crippen LogP contribution in [-0.4, -0.2) is 63.9 Å². The molecule has 0 bridgehead atoms. The number of rotatable bonds is 8. The second-order valence-corrected chi connectivity index (χ2v) is 6.44. The first-order valence-corrected chi connectivity index (χ1v) is 9.46. The maximum Gasteiger partial charge on any atom is 0.407 e. The average molecular weight is 408 g/mol. The maximum atomic E-state index is 12.8. The number of carbonyl (C=O) groups is 3. The highest BCUT2D eigenvalue weighted by atomic mass is 16.5. The molecular weight excluding hydrogens is 380 g/mol. The Morgan fingerprint density at radius 3 is 2.45 bits per heavy atom. The highest BCUT2D eigenvalue weighted by Crippen LogP contribution is 2.39. The van der Waals surface area contributed by atoms with Gasteiger partial charge in [0.15, 0.2) is 11.5 Å². The van der Waals surface area contributed by atoms with Gasteiger partial charge in [-0.2, -0.15) is 0 Å². The number of carbonyl (C=O) groups excluding carboxylic acids is 3. The Kier molecular flexibility index (Phi) is 8.11. The first kappa shape index (κ1) is 22.3. The van der Waals surface area contributed by atoms with E-state index in [1.165, 1.54) is 14.2 Å². The number of alkyl carbamates (subject to hydrolysis) is 1. The number of nitrogens with one attached hydrogen (secondary N) is 1. The number of amides is 2. The fourth-order valence-corrected chi connectivity index (χ4v) is 3.39. The maximum absolute atomic E-state index is 12.8. The summed E-state index contributed by atoms with van der Waals surface area (Å²) in [5, 5.41) is 2.54. The molecular formula is C20H28N2O7. The van der Waals surface area contributed by atoms with Crippen molar-refractivity contribution in [2.45, 2.75) is 32.2 Å². The summed E-state index contributed by atoms with van der Waals surface area (Å²) in [5.41, 5.74) is 1.82. The molecule has 1 aromatic carbocycles. The van der Waals surface area contributed by atoms with Gasteiger partial charge in [-0.05, 0) is 36.6 Å². The molecule has 0 spiro atoms. The summed E-state index contributed by atoms with van der Waals surface area (Å²) in [4.78, 5) is 37.9. The zero-order chi connectivity index (χ0) is 21.4. The summed E-state index contributed by atoms with van der Waals surface area (Å²) in [5.74, 6) is 0.539. The van der Waals surface area contributed by atoms with E-state index in [-0.39, 0.29) is 31.9 Å². The van der Waals surface area contributed by atoms with E-state index in [0.717, 1.165) is 11.1 Å². The molecule has 1 aliphatic rings. The van der Waals surface area contributed by atoms with Crippen LogP contribution in [-0.2, 0) is 25.5 Å². The van der Waals surface area contributed by atoms with Gasteiger partial charge in [-0.1, -0.05) is 0 Å². The molecule has 1 atom stereocenters. The number of ether oxygens (including phenoxy) is 4. The molecule has 0 aromatic heterocycles. The third-order valence-corrected chi connectivity index (χ3v) is 4.79. The van der Waals surface area contributed by atoms with E-state index < -0.39 is 18.1 Å². The van der Waals surface area contributed by atoms with Crippen molar-refractivity contribution < 1.29 is 33.3 Å². The van der Waals surface area contributed by atoms with Crippen LogP contribution in [0.2, 0.25) is 0 Å². The summed E-state index contributed by atoms with van der Waals surface area (Å²) in [6.07, 6.45) is 0.173. The van der Waals surface area contributed by atoms with Crippen molar-refractivity contribution in [1.82, 2.24) is 10.2 Å². The Labute approximate surface area is 170 Å². The normalized spacial score (nSPS) is 15.2. The van der Waals surface area contributed by atoms with Crippen LogP contribution >= 0.6 is 0 Å². The zero-order valence-corrected chi connectivity index (χ0v) is 17.3. The topological polar surface area (TPSA) is 103 Å². The van der Waals surface area contributed by atoms with Crippen LogP contribution in [0, 0.1) is 0 Å². The lowest BCUT2D eigenvalue weighted by Gasteiger charge is -2.37. The van der Waals surface area contributed by atoms with Crippen molar-refractivity contribution in [1.29, 1.82) is 0 Å². The number of hydrogen-bond donors (Lipinski definition) is 1. The van der Waals surface area contributed by atoms with Crippen molar-refractivity contribution in [3.63, 3.8) is 0 Å². The van der Waals surface area contributed by atoms with Gasteiger partial charge in [-0.25, -0.2) is 4.79 Å². The van der Waals surface area contributed by atoms with E-state index >= 15 is 0 Å². The predicted molar refractivity (Wildman–Crippen MR) is 104 cm³/mol. The van der Waals surface area contributed by atoms with Crippen molar-refractivity contribution in [2.75, 3.05) is 41.0 Å². The number of hydrogen-bond acceptors (Lipinski definition) is 7. The summed E-state index contributed by atoms with van der Waals surface area (Å²) in [6.45, 7) is 2.56. The first-order chi connectivity index (χ1) is 13.9. The molecule has 2 rings (SSSR count). The monoisotopic (exact) mass is 408 g/mol. The van der Waals surface area contributed by atoms with E-state index in [1.807, 2.05) is 6.07 Å². The van der Waals surface area contributed by atoms with E-state index in [2.05, 4.69) is 5.32 Å². The first-order valence-electron chi connectivity index (χ1n) is 9.46. The summed E-state index contributed by atoms with van der Waals surface area (Å²) < 4.78 is 20.4. The van der Waals surface area contributed by atoms with Crippen molar-refractivity contribution in [3.05, 3.63) is 23.3 Å². The van der Waals surface area contributed by atoms with Gasteiger partial charge in [-0.15, -0.1) is 0 Å². The molecule has 0 radical (unpaired) electrons. The molecule has 0 saturated carbocycles. The Hall–Kier alpha value is -2.97. The van der Waals surface area contributed by atoms with E-state index in [0.29, 0.717) is 24.5 Å². The molecule has 1 heterocycles. The molecule has 0 saturated heterocycles. The molecule has 1 aliphatic heterocycles. The van der Waals surface area contributed by atoms with Crippen molar-refractivity contribution >= 4 is 18.0 Å². The predicted octanol–water partition coefficient (Wildman–Crippen LogP) is 1.83. The lowest BCUT2D eigenvalue weighted by molar-refractivity contribution is -0.144. The molecule has 1 N–H and O–H groups in total. The zero-order valence-electron chi connectivity index (χ0n) is 17.3. The minimum atomic E-state index is -0.563. The van der Waals surface area contributed by atoms with Crippen LogP contribution < -0.4 is 14.8 Å². The summed E-state index contributed by atoms with van der Waals surface area (Å²) in [7, 11) is 4.41. The molecule has 29 heavy (non-hydrogen) atoms. The average Bonchev–Trinajstić information content (AvgIpc) is 2.72. The molecule has 0 unspecified atom stereocenters. The largest absolute Gasteiger partial charge is 0.493 e. The number of methoxy groups -OCH3 is 3. The SMILES string of the molecule is CCOC(=O)NCCC(=O)N1CCc2cc(OC)c(OC)cc2[C@@H]1CC(=O)OC. The van der Waals surface area contributed by atoms with Gasteiger partial charge >= 0.3 is 12.1 Å². The van der Waals surface area contributed by atoms with Gasteiger partial charge in [0.2, 0.25) is 5.91 Å². The van der Waals surface area contributed by atoms with Crippen molar-refractivity contribution in [3.8, 4) is 11.5 Å². The standard InChI is InChI=1S/C20H28N2O7/c1-5-29-20(25)21-8-6-18(23)22-9-7-13-10-16(26-2)17(27-3)11-14(13)15(22)12-19(24)28-4/h10-11,15H,5-9,12H2,1-4H3,(H,21,25)/t15-/m0/s1.